The van der Waals surface area contributed by atoms with Crippen molar-refractivity contribution in [3.63, 3.8) is 0 Å². The van der Waals surface area contributed by atoms with Crippen LogP contribution in [0.5, 0.6) is 0 Å². The van der Waals surface area contributed by atoms with E-state index in [1.807, 2.05) is 0 Å². The average Bonchev–Trinajstić information content (AvgIpc) is 2.36. The summed E-state index contributed by atoms with van der Waals surface area (Å²) < 4.78 is 32.2. The highest BCUT2D eigenvalue weighted by atomic mass is 19.3. The molecule has 6 heteroatoms. The number of carbonyl (C=O) groups is 1. The quantitative estimate of drug-likeness (QED) is 0.741. The molecule has 1 amide bonds. The Labute approximate surface area is 125 Å². The lowest BCUT2D eigenvalue weighted by molar-refractivity contribution is -0.00410. The lowest BCUT2D eigenvalue weighted by atomic mass is 9.94. The van der Waals surface area contributed by atoms with Gasteiger partial charge in [-0.05, 0) is 52.5 Å². The third kappa shape index (κ3) is 8.65. The molecule has 1 unspecified atom stereocenters. The lowest BCUT2D eigenvalue weighted by Gasteiger charge is -2.23. The topological polar surface area (TPSA) is 50.4 Å². The molecule has 0 aromatic rings. The first kappa shape index (κ1) is 17.9. The van der Waals surface area contributed by atoms with Gasteiger partial charge in [0.2, 0.25) is 0 Å². The summed E-state index contributed by atoms with van der Waals surface area (Å²) in [5.74, 6) is -2.56. The zero-order chi connectivity index (χ0) is 15.9. The van der Waals surface area contributed by atoms with Crippen molar-refractivity contribution in [1.29, 1.82) is 0 Å². The molecule has 0 spiro atoms. The van der Waals surface area contributed by atoms with Crippen molar-refractivity contribution in [2.75, 3.05) is 19.6 Å². The molecule has 1 aliphatic carbocycles. The minimum atomic E-state index is -2.98. The summed E-state index contributed by atoms with van der Waals surface area (Å²) in [7, 11) is 0. The first-order valence-electron chi connectivity index (χ1n) is 7.38. The van der Waals surface area contributed by atoms with Crippen molar-refractivity contribution < 1.29 is 18.3 Å². The molecule has 0 aromatic heterocycles. The maximum atomic E-state index is 13.6. The van der Waals surface area contributed by atoms with Gasteiger partial charge in [0.05, 0.1) is 13.1 Å². The Morgan fingerprint density at radius 1 is 1.29 bits per heavy atom. The summed E-state index contributed by atoms with van der Waals surface area (Å²) in [6.45, 7) is 4.47. The normalized spacial score (nSPS) is 19.4. The molecule has 4 nitrogen and oxygen atoms in total. The average molecular weight is 304 g/mol. The van der Waals surface area contributed by atoms with Crippen LogP contribution in [0.3, 0.4) is 0 Å². The van der Waals surface area contributed by atoms with Crippen LogP contribution in [0.1, 0.15) is 40.0 Å². The fourth-order valence-electron chi connectivity index (χ4n) is 2.08. The minimum absolute atomic E-state index is 0.421. The Balaban J connectivity index is 2.20. The van der Waals surface area contributed by atoms with E-state index in [2.05, 4.69) is 22.8 Å². The Kier molecular flexibility index (Phi) is 6.58. The summed E-state index contributed by atoms with van der Waals surface area (Å²) in [6.07, 6.45) is 6.39. The highest BCUT2D eigenvalue weighted by molar-refractivity contribution is 5.67. The molecular weight excluding hydrogens is 278 g/mol. The number of hydrogen-bond acceptors (Lipinski definition) is 3. The number of nitrogens with one attached hydrogen (secondary N) is 2. The second-order valence-corrected chi connectivity index (χ2v) is 6.49. The van der Waals surface area contributed by atoms with E-state index in [4.69, 9.17) is 4.74 Å². The van der Waals surface area contributed by atoms with Crippen molar-refractivity contribution >= 4 is 6.09 Å². The van der Waals surface area contributed by atoms with E-state index in [0.29, 0.717) is 12.5 Å². The Hall–Kier alpha value is -1.17. The fourth-order valence-corrected chi connectivity index (χ4v) is 2.08. The summed E-state index contributed by atoms with van der Waals surface area (Å²) >= 11 is 0. The van der Waals surface area contributed by atoms with Gasteiger partial charge < -0.3 is 15.4 Å². The molecule has 1 rings (SSSR count). The summed E-state index contributed by atoms with van der Waals surface area (Å²) in [6, 6.07) is 0. The van der Waals surface area contributed by atoms with Gasteiger partial charge in [-0.1, -0.05) is 12.2 Å². The number of ether oxygens (including phenoxy) is 1. The van der Waals surface area contributed by atoms with Crippen molar-refractivity contribution in [2.45, 2.75) is 51.6 Å². The van der Waals surface area contributed by atoms with Crippen molar-refractivity contribution in [2.24, 2.45) is 5.92 Å². The molecule has 122 valence electrons. The van der Waals surface area contributed by atoms with Crippen LogP contribution in [0.15, 0.2) is 12.2 Å². The minimum Gasteiger partial charge on any atom is -0.444 e. The molecule has 0 aromatic carbocycles. The Morgan fingerprint density at radius 3 is 2.57 bits per heavy atom. The molecular formula is C15H26F2N2O2. The molecule has 2 N–H and O–H groups in total. The van der Waals surface area contributed by atoms with Gasteiger partial charge in [-0.15, -0.1) is 0 Å². The molecule has 0 radical (unpaired) electrons. The molecule has 1 aliphatic rings. The number of hydrogen-bond donors (Lipinski definition) is 2. The predicted molar refractivity (Wildman–Crippen MR) is 78.5 cm³/mol. The maximum absolute atomic E-state index is 13.6. The molecule has 1 atom stereocenters. The van der Waals surface area contributed by atoms with Crippen LogP contribution < -0.4 is 10.6 Å². The molecule has 0 heterocycles. The van der Waals surface area contributed by atoms with Gasteiger partial charge in [0.1, 0.15) is 5.60 Å². The second-order valence-electron chi connectivity index (χ2n) is 6.49. The molecule has 21 heavy (non-hydrogen) atoms. The number of allylic oxidation sites excluding steroid dienone is 2. The maximum Gasteiger partial charge on any atom is 0.407 e. The van der Waals surface area contributed by atoms with Gasteiger partial charge in [0.25, 0.3) is 5.92 Å². The standard InChI is InChI=1S/C15H26F2N2O2/c1-14(2,3)21-13(20)19-11-15(16,17)10-18-9-12-7-5-4-6-8-12/h4-5,12,18H,6-11H2,1-3H3,(H,19,20). The van der Waals surface area contributed by atoms with Crippen LogP contribution in [-0.2, 0) is 4.74 Å². The van der Waals surface area contributed by atoms with E-state index in [0.717, 1.165) is 19.3 Å². The third-order valence-electron chi connectivity index (χ3n) is 3.08. The largest absolute Gasteiger partial charge is 0.444 e. The van der Waals surface area contributed by atoms with Crippen LogP contribution in [0.2, 0.25) is 0 Å². The van der Waals surface area contributed by atoms with Crippen LogP contribution in [0.4, 0.5) is 13.6 Å². The van der Waals surface area contributed by atoms with E-state index >= 15 is 0 Å². The molecule has 0 saturated carbocycles. The van der Waals surface area contributed by atoms with Crippen molar-refractivity contribution in [1.82, 2.24) is 10.6 Å². The summed E-state index contributed by atoms with van der Waals surface area (Å²) in [5.41, 5.74) is -0.688. The smallest absolute Gasteiger partial charge is 0.407 e. The van der Waals surface area contributed by atoms with Gasteiger partial charge in [-0.25, -0.2) is 13.6 Å². The summed E-state index contributed by atoms with van der Waals surface area (Å²) in [5, 5.41) is 4.90. The molecule has 0 aliphatic heterocycles. The number of alkyl carbamates (subject to hydrolysis) is 1. The van der Waals surface area contributed by atoms with Gasteiger partial charge in [-0.2, -0.15) is 0 Å². The van der Waals surface area contributed by atoms with Gasteiger partial charge in [0.15, 0.2) is 0 Å². The molecule has 0 fully saturated rings. The van der Waals surface area contributed by atoms with E-state index in [-0.39, 0.29) is 0 Å². The van der Waals surface area contributed by atoms with E-state index in [9.17, 15) is 13.6 Å². The van der Waals surface area contributed by atoms with Crippen LogP contribution >= 0.6 is 0 Å². The molecule has 0 bridgehead atoms. The van der Waals surface area contributed by atoms with Gasteiger partial charge in [0, 0.05) is 0 Å². The van der Waals surface area contributed by atoms with Crippen LogP contribution in [0.25, 0.3) is 0 Å². The zero-order valence-electron chi connectivity index (χ0n) is 13.0. The Morgan fingerprint density at radius 2 is 2.00 bits per heavy atom. The monoisotopic (exact) mass is 304 g/mol. The van der Waals surface area contributed by atoms with E-state index in [1.54, 1.807) is 20.8 Å². The second kappa shape index (κ2) is 7.73. The number of rotatable bonds is 6. The van der Waals surface area contributed by atoms with Gasteiger partial charge >= 0.3 is 6.09 Å². The zero-order valence-corrected chi connectivity index (χ0v) is 13.0. The van der Waals surface area contributed by atoms with Crippen molar-refractivity contribution in [3.8, 4) is 0 Å². The van der Waals surface area contributed by atoms with Crippen molar-refractivity contribution in [3.05, 3.63) is 12.2 Å². The van der Waals surface area contributed by atoms with Crippen LogP contribution in [0, 0.1) is 5.92 Å². The number of halogens is 2. The number of amides is 1. The van der Waals surface area contributed by atoms with E-state index in [1.165, 1.54) is 0 Å². The first-order chi connectivity index (χ1) is 9.68. The van der Waals surface area contributed by atoms with E-state index < -0.39 is 30.7 Å². The predicted octanol–water partition coefficient (Wildman–Crippen LogP) is 3.09. The lowest BCUT2D eigenvalue weighted by Crippen LogP contribution is -2.45. The Bertz CT molecular complexity index is 365. The number of carbonyl (C=O) groups excluding carboxylic acids is 1. The first-order valence-corrected chi connectivity index (χ1v) is 7.38. The van der Waals surface area contributed by atoms with Crippen LogP contribution in [-0.4, -0.2) is 37.3 Å². The SMILES string of the molecule is CC(C)(C)OC(=O)NCC(F)(F)CNCC1CC=CCC1. The molecule has 0 saturated heterocycles. The fraction of sp³-hybridized carbons (Fsp3) is 0.800. The highest BCUT2D eigenvalue weighted by Gasteiger charge is 2.30. The number of alkyl halides is 2. The third-order valence-corrected chi connectivity index (χ3v) is 3.08. The summed E-state index contributed by atoms with van der Waals surface area (Å²) in [4.78, 5) is 11.3. The highest BCUT2D eigenvalue weighted by Crippen LogP contribution is 2.18. The van der Waals surface area contributed by atoms with Gasteiger partial charge in [-0.3, -0.25) is 0 Å².